The first-order chi connectivity index (χ1) is 12.3. The van der Waals surface area contributed by atoms with Crippen LogP contribution in [-0.4, -0.2) is 41.3 Å². The molecule has 1 aromatic heterocycles. The van der Waals surface area contributed by atoms with Gasteiger partial charge in [0, 0.05) is 30.2 Å². The van der Waals surface area contributed by atoms with Crippen LogP contribution in [0.25, 0.3) is 10.9 Å². The SMILES string of the molecule is Cc1ccccc1C(c1ccc2cccnc2c1O)N1CCOCC1. The molecule has 1 aliphatic heterocycles. The lowest BCUT2D eigenvalue weighted by Crippen LogP contribution is -2.39. The Balaban J connectivity index is 1.89. The summed E-state index contributed by atoms with van der Waals surface area (Å²) in [6.07, 6.45) is 1.73. The molecule has 1 unspecified atom stereocenters. The molecule has 4 rings (SSSR count). The summed E-state index contributed by atoms with van der Waals surface area (Å²) in [5, 5.41) is 11.9. The van der Waals surface area contributed by atoms with Gasteiger partial charge in [0.1, 0.15) is 11.3 Å². The van der Waals surface area contributed by atoms with Crippen LogP contribution in [-0.2, 0) is 4.74 Å². The second-order valence-corrected chi connectivity index (χ2v) is 6.49. The van der Waals surface area contributed by atoms with Crippen LogP contribution < -0.4 is 0 Å². The normalized spacial score (nSPS) is 16.8. The van der Waals surface area contributed by atoms with Crippen LogP contribution in [0.5, 0.6) is 5.75 Å². The van der Waals surface area contributed by atoms with Gasteiger partial charge in [-0.15, -0.1) is 0 Å². The Morgan fingerprint density at radius 3 is 2.60 bits per heavy atom. The highest BCUT2D eigenvalue weighted by Gasteiger charge is 2.28. The van der Waals surface area contributed by atoms with Gasteiger partial charge >= 0.3 is 0 Å². The molecule has 0 bridgehead atoms. The Morgan fingerprint density at radius 1 is 1.00 bits per heavy atom. The molecule has 4 heteroatoms. The van der Waals surface area contributed by atoms with Crippen LogP contribution in [0.3, 0.4) is 0 Å². The first kappa shape index (κ1) is 16.1. The Bertz CT molecular complexity index is 888. The Morgan fingerprint density at radius 2 is 1.80 bits per heavy atom. The summed E-state index contributed by atoms with van der Waals surface area (Å²) in [5.41, 5.74) is 4.00. The van der Waals surface area contributed by atoms with Crippen LogP contribution in [0.2, 0.25) is 0 Å². The van der Waals surface area contributed by atoms with Gasteiger partial charge in [-0.05, 0) is 24.1 Å². The number of aromatic nitrogens is 1. The minimum Gasteiger partial charge on any atom is -0.505 e. The van der Waals surface area contributed by atoms with E-state index in [1.165, 1.54) is 11.1 Å². The zero-order valence-corrected chi connectivity index (χ0v) is 14.4. The molecule has 1 fully saturated rings. The molecule has 1 aliphatic rings. The van der Waals surface area contributed by atoms with Gasteiger partial charge in [0.2, 0.25) is 0 Å². The van der Waals surface area contributed by atoms with Crippen LogP contribution in [0, 0.1) is 6.92 Å². The fraction of sp³-hybridized carbons (Fsp3) is 0.286. The molecular formula is C21H22N2O2. The van der Waals surface area contributed by atoms with Gasteiger partial charge < -0.3 is 9.84 Å². The van der Waals surface area contributed by atoms with Crippen molar-refractivity contribution in [3.63, 3.8) is 0 Å². The van der Waals surface area contributed by atoms with E-state index in [9.17, 15) is 5.11 Å². The summed E-state index contributed by atoms with van der Waals surface area (Å²) < 4.78 is 5.54. The Hall–Kier alpha value is -2.43. The van der Waals surface area contributed by atoms with Crippen LogP contribution in [0.15, 0.2) is 54.7 Å². The largest absolute Gasteiger partial charge is 0.505 e. The number of hydrogen-bond donors (Lipinski definition) is 1. The smallest absolute Gasteiger partial charge is 0.146 e. The molecule has 1 N–H and O–H groups in total. The number of ether oxygens (including phenoxy) is 1. The van der Waals surface area contributed by atoms with Crippen molar-refractivity contribution in [1.82, 2.24) is 9.88 Å². The van der Waals surface area contributed by atoms with Crippen molar-refractivity contribution in [1.29, 1.82) is 0 Å². The highest BCUT2D eigenvalue weighted by Crippen LogP contribution is 2.39. The number of phenolic OH excluding ortho intramolecular Hbond substituents is 1. The van der Waals surface area contributed by atoms with Crippen LogP contribution >= 0.6 is 0 Å². The molecule has 0 radical (unpaired) electrons. The fourth-order valence-corrected chi connectivity index (χ4v) is 3.66. The maximum Gasteiger partial charge on any atom is 0.146 e. The zero-order valence-electron chi connectivity index (χ0n) is 14.4. The summed E-state index contributed by atoms with van der Waals surface area (Å²) in [6.45, 7) is 5.25. The molecule has 1 atom stereocenters. The van der Waals surface area contributed by atoms with Crippen molar-refractivity contribution in [2.45, 2.75) is 13.0 Å². The quantitative estimate of drug-likeness (QED) is 0.794. The molecule has 0 aliphatic carbocycles. The maximum absolute atomic E-state index is 11.0. The minimum absolute atomic E-state index is 0.00324. The third kappa shape index (κ3) is 2.99. The molecule has 25 heavy (non-hydrogen) atoms. The van der Waals surface area contributed by atoms with E-state index < -0.39 is 0 Å². The van der Waals surface area contributed by atoms with E-state index in [2.05, 4.69) is 41.1 Å². The summed E-state index contributed by atoms with van der Waals surface area (Å²) >= 11 is 0. The standard InChI is InChI=1S/C21H22N2O2/c1-15-5-2-3-7-17(15)20(23-11-13-25-14-12-23)18-9-8-16-6-4-10-22-19(16)21(18)24/h2-10,20,24H,11-14H2,1H3. The first-order valence-corrected chi connectivity index (χ1v) is 8.69. The monoisotopic (exact) mass is 334 g/mol. The molecule has 0 spiro atoms. The zero-order chi connectivity index (χ0) is 17.2. The fourth-order valence-electron chi connectivity index (χ4n) is 3.66. The van der Waals surface area contributed by atoms with E-state index in [0.717, 1.165) is 37.3 Å². The summed E-state index contributed by atoms with van der Waals surface area (Å²) in [5.74, 6) is 0.276. The lowest BCUT2D eigenvalue weighted by Gasteiger charge is -2.36. The van der Waals surface area contributed by atoms with Crippen molar-refractivity contribution in [2.24, 2.45) is 0 Å². The predicted octanol–water partition coefficient (Wildman–Crippen LogP) is 3.67. The molecule has 0 amide bonds. The molecule has 2 aromatic carbocycles. The summed E-state index contributed by atoms with van der Waals surface area (Å²) in [4.78, 5) is 6.78. The summed E-state index contributed by atoms with van der Waals surface area (Å²) in [6, 6.07) is 16.3. The van der Waals surface area contributed by atoms with Gasteiger partial charge in [-0.25, -0.2) is 0 Å². The van der Waals surface area contributed by atoms with Crippen LogP contribution in [0.4, 0.5) is 0 Å². The van der Waals surface area contributed by atoms with Crippen molar-refractivity contribution < 1.29 is 9.84 Å². The number of rotatable bonds is 3. The van der Waals surface area contributed by atoms with Crippen molar-refractivity contribution in [2.75, 3.05) is 26.3 Å². The number of aromatic hydroxyl groups is 1. The molecule has 2 heterocycles. The van der Waals surface area contributed by atoms with Gasteiger partial charge in [-0.3, -0.25) is 9.88 Å². The minimum atomic E-state index is -0.00324. The van der Waals surface area contributed by atoms with Gasteiger partial charge in [0.05, 0.1) is 19.3 Å². The first-order valence-electron chi connectivity index (χ1n) is 8.69. The third-order valence-corrected chi connectivity index (χ3v) is 4.97. The molecule has 0 saturated carbocycles. The average molecular weight is 334 g/mol. The number of nitrogens with zero attached hydrogens (tertiary/aromatic N) is 2. The highest BCUT2D eigenvalue weighted by atomic mass is 16.5. The second kappa shape index (κ2) is 6.82. The lowest BCUT2D eigenvalue weighted by atomic mass is 9.92. The number of fused-ring (bicyclic) bond motifs is 1. The topological polar surface area (TPSA) is 45.6 Å². The summed E-state index contributed by atoms with van der Waals surface area (Å²) in [7, 11) is 0. The third-order valence-electron chi connectivity index (χ3n) is 4.97. The second-order valence-electron chi connectivity index (χ2n) is 6.49. The van der Waals surface area contributed by atoms with Crippen LogP contribution in [0.1, 0.15) is 22.7 Å². The van der Waals surface area contributed by atoms with E-state index >= 15 is 0 Å². The maximum atomic E-state index is 11.0. The molecule has 128 valence electrons. The van der Waals surface area contributed by atoms with Crippen molar-refractivity contribution in [3.05, 3.63) is 71.4 Å². The Labute approximate surface area is 147 Å². The van der Waals surface area contributed by atoms with Gasteiger partial charge in [0.25, 0.3) is 0 Å². The van der Waals surface area contributed by atoms with Gasteiger partial charge in [-0.1, -0.05) is 42.5 Å². The number of morpholine rings is 1. The molecule has 3 aromatic rings. The van der Waals surface area contributed by atoms with E-state index in [0.29, 0.717) is 5.52 Å². The van der Waals surface area contributed by atoms with E-state index in [-0.39, 0.29) is 11.8 Å². The number of aryl methyl sites for hydroxylation is 1. The van der Waals surface area contributed by atoms with Crippen molar-refractivity contribution >= 4 is 10.9 Å². The molecule has 1 saturated heterocycles. The average Bonchev–Trinajstić information content (AvgIpc) is 2.66. The van der Waals surface area contributed by atoms with Gasteiger partial charge in [0.15, 0.2) is 0 Å². The number of benzene rings is 2. The van der Waals surface area contributed by atoms with E-state index in [1.807, 2.05) is 24.3 Å². The lowest BCUT2D eigenvalue weighted by molar-refractivity contribution is 0.0235. The highest BCUT2D eigenvalue weighted by molar-refractivity contribution is 5.85. The van der Waals surface area contributed by atoms with E-state index in [4.69, 9.17) is 4.74 Å². The predicted molar refractivity (Wildman–Crippen MR) is 98.8 cm³/mol. The number of pyridine rings is 1. The number of phenols is 1. The molecule has 4 nitrogen and oxygen atoms in total. The van der Waals surface area contributed by atoms with E-state index in [1.54, 1.807) is 6.20 Å². The molecular weight excluding hydrogens is 312 g/mol. The van der Waals surface area contributed by atoms with Gasteiger partial charge in [-0.2, -0.15) is 0 Å². The number of hydrogen-bond acceptors (Lipinski definition) is 4. The van der Waals surface area contributed by atoms with Crippen molar-refractivity contribution in [3.8, 4) is 5.75 Å². The Kier molecular flexibility index (Phi) is 4.38.